The molecule has 0 radical (unpaired) electrons. The van der Waals surface area contributed by atoms with Gasteiger partial charge < -0.3 is 29.7 Å². The molecule has 3 amide bonds. The molecule has 1 aliphatic heterocycles. The van der Waals surface area contributed by atoms with Crippen LogP contribution in [-0.4, -0.2) is 80.5 Å². The molecule has 1 saturated heterocycles. The summed E-state index contributed by atoms with van der Waals surface area (Å²) in [4.78, 5) is 51.4. The fourth-order valence-corrected chi connectivity index (χ4v) is 3.64. The predicted molar refractivity (Wildman–Crippen MR) is 116 cm³/mol. The summed E-state index contributed by atoms with van der Waals surface area (Å²) in [5, 5.41) is 0.0574. The Morgan fingerprint density at radius 3 is 2.62 bits per heavy atom. The molecular weight excluding hydrogens is 442 g/mol. The lowest BCUT2D eigenvalue weighted by atomic mass is 9.98. The van der Waals surface area contributed by atoms with Crippen LogP contribution in [-0.2, 0) is 19.1 Å². The third kappa shape index (κ3) is 6.49. The second kappa shape index (κ2) is 11.6. The number of carbonyl (C=O) groups is 4. The number of rotatable bonds is 9. The first-order chi connectivity index (χ1) is 15.2. The molecule has 1 heterocycles. The summed E-state index contributed by atoms with van der Waals surface area (Å²) in [6.07, 6.45) is 1.35. The molecule has 1 atom stereocenters. The molecule has 1 aromatic rings. The zero-order chi connectivity index (χ0) is 23.8. The van der Waals surface area contributed by atoms with Gasteiger partial charge in [-0.2, -0.15) is 0 Å². The molecule has 10 nitrogen and oxygen atoms in total. The maximum atomic E-state index is 12.9. The Bertz CT molecular complexity index is 877. The van der Waals surface area contributed by atoms with E-state index in [1.54, 1.807) is 11.8 Å². The molecule has 32 heavy (non-hydrogen) atoms. The van der Waals surface area contributed by atoms with E-state index < -0.39 is 18.4 Å². The van der Waals surface area contributed by atoms with Crippen LogP contribution in [0, 0.1) is 5.92 Å². The SMILES string of the molecule is CCOC(=O)C1CCCN(C(=O)CN(C)C(=O)c2cc(Cl)c(OCC(N)=O)c(OC)c2)C1. The average molecular weight is 470 g/mol. The van der Waals surface area contributed by atoms with Crippen molar-refractivity contribution < 1.29 is 33.4 Å². The van der Waals surface area contributed by atoms with E-state index in [0.717, 1.165) is 0 Å². The molecule has 1 fully saturated rings. The van der Waals surface area contributed by atoms with Crippen molar-refractivity contribution >= 4 is 35.3 Å². The number of benzene rings is 1. The number of esters is 1. The number of halogens is 1. The molecule has 11 heteroatoms. The number of primary amides is 1. The molecule has 0 bridgehead atoms. The third-order valence-electron chi connectivity index (χ3n) is 4.95. The molecule has 0 aliphatic carbocycles. The van der Waals surface area contributed by atoms with Crippen molar-refractivity contribution in [1.29, 1.82) is 0 Å². The van der Waals surface area contributed by atoms with E-state index in [0.29, 0.717) is 26.0 Å². The summed E-state index contributed by atoms with van der Waals surface area (Å²) in [5.41, 5.74) is 5.25. The number of hydrogen-bond acceptors (Lipinski definition) is 7. The van der Waals surface area contributed by atoms with E-state index in [1.165, 1.54) is 31.2 Å². The summed E-state index contributed by atoms with van der Waals surface area (Å²) < 4.78 is 15.5. The van der Waals surface area contributed by atoms with E-state index in [2.05, 4.69) is 0 Å². The Hall–Kier alpha value is -3.01. The first-order valence-electron chi connectivity index (χ1n) is 10.2. The van der Waals surface area contributed by atoms with Crippen LogP contribution in [0.5, 0.6) is 11.5 Å². The molecule has 0 saturated carbocycles. The van der Waals surface area contributed by atoms with Gasteiger partial charge in [0.1, 0.15) is 0 Å². The zero-order valence-corrected chi connectivity index (χ0v) is 19.1. The quantitative estimate of drug-likeness (QED) is 0.536. The lowest BCUT2D eigenvalue weighted by molar-refractivity contribution is -0.151. The van der Waals surface area contributed by atoms with Crippen molar-refractivity contribution in [3.63, 3.8) is 0 Å². The highest BCUT2D eigenvalue weighted by atomic mass is 35.5. The largest absolute Gasteiger partial charge is 0.493 e. The number of amides is 3. The molecule has 1 aliphatic rings. The number of nitrogens with zero attached hydrogens (tertiary/aromatic N) is 2. The summed E-state index contributed by atoms with van der Waals surface area (Å²) >= 11 is 6.20. The van der Waals surface area contributed by atoms with Gasteiger partial charge in [0, 0.05) is 25.7 Å². The molecule has 2 N–H and O–H groups in total. The zero-order valence-electron chi connectivity index (χ0n) is 18.4. The van der Waals surface area contributed by atoms with Crippen LogP contribution in [0.3, 0.4) is 0 Å². The van der Waals surface area contributed by atoms with Gasteiger partial charge in [-0.3, -0.25) is 19.2 Å². The number of methoxy groups -OCH3 is 1. The Morgan fingerprint density at radius 1 is 1.28 bits per heavy atom. The average Bonchev–Trinajstić information content (AvgIpc) is 2.77. The number of likely N-dealkylation sites (tertiary alicyclic amines) is 1. The Labute approximate surface area is 191 Å². The Kier molecular flexibility index (Phi) is 9.13. The minimum atomic E-state index is -0.690. The maximum absolute atomic E-state index is 12.9. The summed E-state index contributed by atoms with van der Waals surface area (Å²) in [5.74, 6) is -1.85. The van der Waals surface area contributed by atoms with Gasteiger partial charge in [-0.1, -0.05) is 11.6 Å². The molecular formula is C21H28ClN3O7. The number of carbonyl (C=O) groups excluding carboxylic acids is 4. The number of piperidine rings is 1. The van der Waals surface area contributed by atoms with Gasteiger partial charge in [0.05, 0.1) is 31.2 Å². The summed E-state index contributed by atoms with van der Waals surface area (Å²) in [6, 6.07) is 2.77. The van der Waals surface area contributed by atoms with Crippen LogP contribution in [0.15, 0.2) is 12.1 Å². The number of nitrogens with two attached hydrogens (primary N) is 1. The fraction of sp³-hybridized carbons (Fsp3) is 0.524. The van der Waals surface area contributed by atoms with Crippen molar-refractivity contribution in [2.75, 3.05) is 47.0 Å². The summed E-state index contributed by atoms with van der Waals surface area (Å²) in [7, 11) is 2.85. The third-order valence-corrected chi connectivity index (χ3v) is 5.23. The topological polar surface area (TPSA) is 128 Å². The van der Waals surface area contributed by atoms with Crippen LogP contribution in [0.25, 0.3) is 0 Å². The second-order valence-corrected chi connectivity index (χ2v) is 7.74. The molecule has 0 spiro atoms. The molecule has 0 aromatic heterocycles. The van der Waals surface area contributed by atoms with E-state index in [4.69, 9.17) is 31.5 Å². The normalized spacial score (nSPS) is 15.6. The molecule has 1 unspecified atom stereocenters. The van der Waals surface area contributed by atoms with Gasteiger partial charge in [-0.15, -0.1) is 0 Å². The highest BCUT2D eigenvalue weighted by molar-refractivity contribution is 6.32. The van der Waals surface area contributed by atoms with Crippen molar-refractivity contribution in [3.8, 4) is 11.5 Å². The smallest absolute Gasteiger partial charge is 0.310 e. The monoisotopic (exact) mass is 469 g/mol. The van der Waals surface area contributed by atoms with Gasteiger partial charge in [-0.25, -0.2) is 0 Å². The van der Waals surface area contributed by atoms with Crippen LogP contribution in [0.4, 0.5) is 0 Å². The fourth-order valence-electron chi connectivity index (χ4n) is 3.38. The van der Waals surface area contributed by atoms with Gasteiger partial charge in [0.15, 0.2) is 18.1 Å². The van der Waals surface area contributed by atoms with Crippen LogP contribution < -0.4 is 15.2 Å². The standard InChI is InChI=1S/C21H28ClN3O7/c1-4-31-21(29)13-6-5-7-25(10-13)18(27)11-24(2)20(28)14-8-15(22)19(16(9-14)30-3)32-12-17(23)26/h8-9,13H,4-7,10-12H2,1-3H3,(H2,23,26). The minimum Gasteiger partial charge on any atom is -0.493 e. The van der Waals surface area contributed by atoms with E-state index in [1.807, 2.05) is 0 Å². The lowest BCUT2D eigenvalue weighted by Crippen LogP contribution is -2.47. The van der Waals surface area contributed by atoms with E-state index >= 15 is 0 Å². The highest BCUT2D eigenvalue weighted by Crippen LogP contribution is 2.36. The van der Waals surface area contributed by atoms with E-state index in [-0.39, 0.29) is 53.0 Å². The first-order valence-corrected chi connectivity index (χ1v) is 10.5. The highest BCUT2D eigenvalue weighted by Gasteiger charge is 2.30. The Balaban J connectivity index is 2.06. The van der Waals surface area contributed by atoms with Gasteiger partial charge in [0.2, 0.25) is 5.91 Å². The van der Waals surface area contributed by atoms with Crippen molar-refractivity contribution in [2.45, 2.75) is 19.8 Å². The van der Waals surface area contributed by atoms with Crippen LogP contribution in [0.1, 0.15) is 30.1 Å². The van der Waals surface area contributed by atoms with Crippen LogP contribution >= 0.6 is 11.6 Å². The number of likely N-dealkylation sites (N-methyl/N-ethyl adjacent to an activating group) is 1. The van der Waals surface area contributed by atoms with Gasteiger partial charge in [-0.05, 0) is 31.9 Å². The van der Waals surface area contributed by atoms with Gasteiger partial charge >= 0.3 is 5.97 Å². The van der Waals surface area contributed by atoms with E-state index in [9.17, 15) is 19.2 Å². The van der Waals surface area contributed by atoms with Crippen molar-refractivity contribution in [1.82, 2.24) is 9.80 Å². The van der Waals surface area contributed by atoms with Gasteiger partial charge in [0.25, 0.3) is 11.8 Å². The second-order valence-electron chi connectivity index (χ2n) is 7.34. The molecule has 1 aromatic carbocycles. The van der Waals surface area contributed by atoms with Crippen molar-refractivity contribution in [3.05, 3.63) is 22.7 Å². The lowest BCUT2D eigenvalue weighted by Gasteiger charge is -2.32. The minimum absolute atomic E-state index is 0.0574. The predicted octanol–water partition coefficient (Wildman–Crippen LogP) is 1.09. The van der Waals surface area contributed by atoms with Crippen LogP contribution in [0.2, 0.25) is 5.02 Å². The molecule has 2 rings (SSSR count). The number of hydrogen-bond donors (Lipinski definition) is 1. The first kappa shape index (κ1) is 25.3. The maximum Gasteiger partial charge on any atom is 0.310 e. The number of ether oxygens (including phenoxy) is 3. The Morgan fingerprint density at radius 2 is 2.00 bits per heavy atom. The molecule has 176 valence electrons. The summed E-state index contributed by atoms with van der Waals surface area (Å²) in [6.45, 7) is 2.24. The van der Waals surface area contributed by atoms with Crippen molar-refractivity contribution in [2.24, 2.45) is 11.7 Å².